The Morgan fingerprint density at radius 2 is 2.03 bits per heavy atom. The molecule has 0 fully saturated rings. The lowest BCUT2D eigenvalue weighted by Gasteiger charge is -2.06. The molecule has 1 amide bonds. The Labute approximate surface area is 193 Å². The van der Waals surface area contributed by atoms with Crippen LogP contribution in [0.4, 0.5) is 11.4 Å². The summed E-state index contributed by atoms with van der Waals surface area (Å²) >= 11 is 1.55. The number of nitrogens with one attached hydrogen (secondary N) is 2. The van der Waals surface area contributed by atoms with Gasteiger partial charge in [0.15, 0.2) is 0 Å². The van der Waals surface area contributed by atoms with E-state index in [9.17, 15) is 14.9 Å². The van der Waals surface area contributed by atoms with Crippen LogP contribution in [-0.2, 0) is 0 Å². The first kappa shape index (κ1) is 21.9. The number of hydrazone groups is 1. The van der Waals surface area contributed by atoms with Crippen LogP contribution in [0, 0.1) is 10.1 Å². The minimum Gasteiger partial charge on any atom is -0.380 e. The molecule has 9 nitrogen and oxygen atoms in total. The topological polar surface area (TPSA) is 114 Å². The summed E-state index contributed by atoms with van der Waals surface area (Å²) in [5.41, 5.74) is 5.11. The average molecular weight is 461 g/mol. The number of anilines is 1. The molecule has 0 unspecified atom stereocenters. The average Bonchev–Trinajstić information content (AvgIpc) is 3.50. The molecule has 2 N–H and O–H groups in total. The van der Waals surface area contributed by atoms with Gasteiger partial charge in [0.2, 0.25) is 0 Å². The maximum Gasteiger partial charge on any atom is 0.293 e. The Morgan fingerprint density at radius 1 is 1.21 bits per heavy atom. The molecule has 2 heterocycles. The van der Waals surface area contributed by atoms with Crippen LogP contribution in [0.25, 0.3) is 16.3 Å². The van der Waals surface area contributed by atoms with Crippen LogP contribution >= 0.6 is 11.3 Å². The van der Waals surface area contributed by atoms with Crippen LogP contribution < -0.4 is 10.7 Å². The van der Waals surface area contributed by atoms with Crippen LogP contribution in [-0.4, -0.2) is 33.4 Å². The third-order valence-electron chi connectivity index (χ3n) is 4.72. The number of nitro benzene ring substituents is 1. The van der Waals surface area contributed by atoms with Gasteiger partial charge in [-0.25, -0.2) is 10.1 Å². The molecule has 0 aliphatic heterocycles. The minimum atomic E-state index is -0.552. The summed E-state index contributed by atoms with van der Waals surface area (Å²) in [4.78, 5) is 23.4. The monoisotopic (exact) mass is 460 g/mol. The van der Waals surface area contributed by atoms with Crippen LogP contribution in [0.3, 0.4) is 0 Å². The zero-order chi connectivity index (χ0) is 23.2. The Kier molecular flexibility index (Phi) is 6.56. The fourth-order valence-corrected chi connectivity index (χ4v) is 3.86. The second-order valence-electron chi connectivity index (χ2n) is 6.91. The zero-order valence-corrected chi connectivity index (χ0v) is 18.5. The van der Waals surface area contributed by atoms with E-state index in [1.54, 1.807) is 16.0 Å². The van der Waals surface area contributed by atoms with Crippen molar-refractivity contribution in [2.24, 2.45) is 5.10 Å². The highest BCUT2D eigenvalue weighted by molar-refractivity contribution is 7.12. The van der Waals surface area contributed by atoms with Crippen molar-refractivity contribution in [3.8, 4) is 16.3 Å². The predicted octanol–water partition coefficient (Wildman–Crippen LogP) is 4.70. The molecular formula is C23H20N6O3S. The third kappa shape index (κ3) is 4.96. The molecule has 0 bridgehead atoms. The molecule has 166 valence electrons. The zero-order valence-electron chi connectivity index (χ0n) is 17.6. The van der Waals surface area contributed by atoms with Gasteiger partial charge in [0.05, 0.1) is 11.1 Å². The summed E-state index contributed by atoms with van der Waals surface area (Å²) in [6.07, 6.45) is 3.35. The molecule has 4 aromatic rings. The molecule has 0 aliphatic rings. The number of carbonyl (C=O) groups excluding carboxylic acids is 1. The van der Waals surface area contributed by atoms with E-state index < -0.39 is 10.8 Å². The molecule has 10 heteroatoms. The Hall–Kier alpha value is -4.31. The molecule has 0 saturated carbocycles. The molecule has 33 heavy (non-hydrogen) atoms. The predicted molar refractivity (Wildman–Crippen MR) is 129 cm³/mol. The highest BCUT2D eigenvalue weighted by atomic mass is 32.1. The van der Waals surface area contributed by atoms with Gasteiger partial charge in [0.1, 0.15) is 16.4 Å². The number of amides is 1. The smallest absolute Gasteiger partial charge is 0.293 e. The van der Waals surface area contributed by atoms with E-state index in [4.69, 9.17) is 0 Å². The van der Waals surface area contributed by atoms with E-state index in [-0.39, 0.29) is 11.3 Å². The van der Waals surface area contributed by atoms with Crippen molar-refractivity contribution < 1.29 is 9.72 Å². The Balaban J connectivity index is 1.58. The lowest BCUT2D eigenvalue weighted by Crippen LogP contribution is -2.18. The standard InChI is InChI=1S/C23H20N6O3S/c1-2-24-19-11-10-17(13-20(19)29(31)32)23(30)26-25-14-18-15-28(21-9-6-12-33-21)27-22(18)16-7-4-3-5-8-16/h3-15,24H,2H2,1H3,(H,26,30)/b25-14-. The van der Waals surface area contributed by atoms with Gasteiger partial charge in [-0.1, -0.05) is 30.3 Å². The number of nitrogens with zero attached hydrogens (tertiary/aromatic N) is 4. The van der Waals surface area contributed by atoms with Crippen molar-refractivity contribution in [1.29, 1.82) is 0 Å². The summed E-state index contributed by atoms with van der Waals surface area (Å²) in [6.45, 7) is 2.36. The Morgan fingerprint density at radius 3 is 2.73 bits per heavy atom. The third-order valence-corrected chi connectivity index (χ3v) is 5.57. The van der Waals surface area contributed by atoms with Gasteiger partial charge in [-0.05, 0) is 36.6 Å². The molecule has 0 radical (unpaired) electrons. The largest absolute Gasteiger partial charge is 0.380 e. The fraction of sp³-hybridized carbons (Fsp3) is 0.0870. The van der Waals surface area contributed by atoms with Crippen LogP contribution in [0.1, 0.15) is 22.8 Å². The van der Waals surface area contributed by atoms with E-state index in [2.05, 4.69) is 20.9 Å². The van der Waals surface area contributed by atoms with E-state index in [1.807, 2.05) is 61.0 Å². The van der Waals surface area contributed by atoms with E-state index in [0.717, 1.165) is 10.6 Å². The number of carbonyl (C=O) groups is 1. The van der Waals surface area contributed by atoms with Gasteiger partial charge in [-0.3, -0.25) is 14.9 Å². The number of rotatable bonds is 8. The molecule has 2 aromatic carbocycles. The number of hydrogen-bond acceptors (Lipinski definition) is 7. The van der Waals surface area contributed by atoms with Crippen molar-refractivity contribution in [2.75, 3.05) is 11.9 Å². The molecule has 0 aliphatic carbocycles. The molecular weight excluding hydrogens is 440 g/mol. The first-order valence-corrected chi connectivity index (χ1v) is 11.0. The molecule has 2 aromatic heterocycles. The van der Waals surface area contributed by atoms with Gasteiger partial charge >= 0.3 is 0 Å². The van der Waals surface area contributed by atoms with Crippen molar-refractivity contribution in [3.63, 3.8) is 0 Å². The quantitative estimate of drug-likeness (QED) is 0.225. The van der Waals surface area contributed by atoms with Crippen molar-refractivity contribution in [1.82, 2.24) is 15.2 Å². The molecule has 0 saturated heterocycles. The lowest BCUT2D eigenvalue weighted by molar-refractivity contribution is -0.384. The maximum absolute atomic E-state index is 12.5. The second kappa shape index (κ2) is 9.88. The number of nitro groups is 1. The van der Waals surface area contributed by atoms with Gasteiger partial charge in [-0.15, -0.1) is 11.3 Å². The van der Waals surface area contributed by atoms with E-state index >= 15 is 0 Å². The van der Waals surface area contributed by atoms with Crippen LogP contribution in [0.2, 0.25) is 0 Å². The highest BCUT2D eigenvalue weighted by Crippen LogP contribution is 2.26. The number of thiophene rings is 1. The number of hydrogen-bond donors (Lipinski definition) is 2. The fourth-order valence-electron chi connectivity index (χ4n) is 3.20. The van der Waals surface area contributed by atoms with Crippen LogP contribution in [0.5, 0.6) is 0 Å². The van der Waals surface area contributed by atoms with Gasteiger partial charge < -0.3 is 5.32 Å². The second-order valence-corrected chi connectivity index (χ2v) is 7.84. The first-order chi connectivity index (χ1) is 16.1. The van der Waals surface area contributed by atoms with Gasteiger partial charge in [-0.2, -0.15) is 10.2 Å². The summed E-state index contributed by atoms with van der Waals surface area (Å²) < 4.78 is 1.76. The Bertz CT molecular complexity index is 1300. The lowest BCUT2D eigenvalue weighted by atomic mass is 10.1. The summed E-state index contributed by atoms with van der Waals surface area (Å²) in [5.74, 6) is -0.552. The molecule has 0 atom stereocenters. The first-order valence-electron chi connectivity index (χ1n) is 10.1. The van der Waals surface area contributed by atoms with Gasteiger partial charge in [0, 0.05) is 35.5 Å². The van der Waals surface area contributed by atoms with Crippen molar-refractivity contribution >= 4 is 34.8 Å². The van der Waals surface area contributed by atoms with Crippen molar-refractivity contribution in [3.05, 3.63) is 93.5 Å². The number of aromatic nitrogens is 2. The van der Waals surface area contributed by atoms with E-state index in [1.165, 1.54) is 24.4 Å². The van der Waals surface area contributed by atoms with Gasteiger partial charge in [0.25, 0.3) is 11.6 Å². The van der Waals surface area contributed by atoms with Crippen LogP contribution in [0.15, 0.2) is 77.3 Å². The normalized spacial score (nSPS) is 10.9. The summed E-state index contributed by atoms with van der Waals surface area (Å²) in [7, 11) is 0. The SMILES string of the molecule is CCNc1ccc(C(=O)N/N=C\c2cn(-c3cccs3)nc2-c2ccccc2)cc1[N+](=O)[O-]. The van der Waals surface area contributed by atoms with E-state index in [0.29, 0.717) is 23.5 Å². The maximum atomic E-state index is 12.5. The highest BCUT2D eigenvalue weighted by Gasteiger charge is 2.17. The summed E-state index contributed by atoms with van der Waals surface area (Å²) in [5, 5.41) is 25.9. The molecule has 0 spiro atoms. The number of benzene rings is 2. The minimum absolute atomic E-state index is 0.137. The summed E-state index contributed by atoms with van der Waals surface area (Å²) in [6, 6.07) is 17.8. The van der Waals surface area contributed by atoms with Crippen molar-refractivity contribution in [2.45, 2.75) is 6.92 Å². The molecule has 4 rings (SSSR count).